The first-order valence-electron chi connectivity index (χ1n) is 15.3. The summed E-state index contributed by atoms with van der Waals surface area (Å²) in [4.78, 5) is 46.6. The number of fused-ring (bicyclic) bond motifs is 3. The van der Waals surface area contributed by atoms with E-state index in [0.717, 1.165) is 16.7 Å². The summed E-state index contributed by atoms with van der Waals surface area (Å²) >= 11 is 0. The van der Waals surface area contributed by atoms with Gasteiger partial charge in [-0.25, -0.2) is 0 Å². The maximum Gasteiger partial charge on any atom is 0.228 e. The Labute approximate surface area is 272 Å². The lowest BCUT2D eigenvalue weighted by molar-refractivity contribution is -0.121. The number of ether oxygens (including phenoxy) is 3. The second-order valence-corrected chi connectivity index (χ2v) is 11.0. The van der Waals surface area contributed by atoms with E-state index in [1.165, 1.54) is 6.92 Å². The summed E-state index contributed by atoms with van der Waals surface area (Å²) in [7, 11) is 4.67. The minimum absolute atomic E-state index is 0.129. The molecule has 13 heteroatoms. The van der Waals surface area contributed by atoms with E-state index < -0.39 is 6.04 Å². The highest BCUT2D eigenvalue weighted by atomic mass is 16.5. The SMILES string of the molecule is COc1cc2c(c(OC)c1OC)-c1ccc(NCCCC(=O)NCCc3nc(-c4ccccn4)no3)c(=O)cc1C(NC(C)=O)CC2. The summed E-state index contributed by atoms with van der Waals surface area (Å²) in [6.45, 7) is 2.20. The molecule has 0 bridgehead atoms. The molecule has 0 saturated heterocycles. The topological polar surface area (TPSA) is 167 Å². The second-order valence-electron chi connectivity index (χ2n) is 11.0. The summed E-state index contributed by atoms with van der Waals surface area (Å²) in [6, 6.07) is 12.1. The van der Waals surface area contributed by atoms with Crippen molar-refractivity contribution in [2.24, 2.45) is 0 Å². The Morgan fingerprint density at radius 3 is 2.57 bits per heavy atom. The molecule has 13 nitrogen and oxygen atoms in total. The van der Waals surface area contributed by atoms with Crippen molar-refractivity contribution in [3.63, 3.8) is 0 Å². The van der Waals surface area contributed by atoms with Crippen molar-refractivity contribution in [3.05, 3.63) is 75.9 Å². The highest BCUT2D eigenvalue weighted by Gasteiger charge is 2.29. The summed E-state index contributed by atoms with van der Waals surface area (Å²) in [6.07, 6.45) is 3.97. The van der Waals surface area contributed by atoms with Crippen LogP contribution in [0.4, 0.5) is 5.69 Å². The van der Waals surface area contributed by atoms with E-state index in [0.29, 0.717) is 84.7 Å². The molecule has 0 saturated carbocycles. The molecule has 0 radical (unpaired) electrons. The first-order chi connectivity index (χ1) is 22.8. The van der Waals surface area contributed by atoms with Crippen LogP contribution in [0.15, 0.2) is 58.0 Å². The lowest BCUT2D eigenvalue weighted by Gasteiger charge is -2.19. The van der Waals surface area contributed by atoms with Gasteiger partial charge in [-0.05, 0) is 66.3 Å². The van der Waals surface area contributed by atoms with Gasteiger partial charge in [0.05, 0.1) is 33.1 Å². The predicted octanol–water partition coefficient (Wildman–Crippen LogP) is 3.86. The summed E-state index contributed by atoms with van der Waals surface area (Å²) in [5.74, 6) is 1.93. The normalized spacial score (nSPS) is 13.4. The number of anilines is 1. The van der Waals surface area contributed by atoms with E-state index in [1.54, 1.807) is 51.8 Å². The predicted molar refractivity (Wildman–Crippen MR) is 175 cm³/mol. The van der Waals surface area contributed by atoms with Crippen molar-refractivity contribution in [3.8, 4) is 39.9 Å². The van der Waals surface area contributed by atoms with E-state index >= 15 is 0 Å². The number of aryl methyl sites for hydroxylation is 1. The zero-order chi connectivity index (χ0) is 33.3. The van der Waals surface area contributed by atoms with Crippen LogP contribution < -0.4 is 35.6 Å². The number of nitrogens with one attached hydrogen (secondary N) is 3. The van der Waals surface area contributed by atoms with Crippen molar-refractivity contribution in [2.45, 2.75) is 45.1 Å². The quantitative estimate of drug-likeness (QED) is 0.181. The number of amides is 2. The summed E-state index contributed by atoms with van der Waals surface area (Å²) < 4.78 is 22.3. The standard InChI is InChI=1S/C34H38N6O7/c1-20(41)38-24-12-10-21-18-28(44-2)32(45-3)33(46-4)31(21)22-11-13-25(27(42)19-23(22)24)35-16-7-9-29(43)37-17-14-30-39-34(40-47-30)26-8-5-6-15-36-26/h5-6,8,11,13,15,18-19,24H,7,9-10,12,14,16-17H2,1-4H3,(H,35,42)(H,37,43)(H,38,41). The third kappa shape index (κ3) is 7.68. The zero-order valence-corrected chi connectivity index (χ0v) is 26.8. The monoisotopic (exact) mass is 642 g/mol. The molecule has 1 atom stereocenters. The molecule has 4 aromatic rings. The summed E-state index contributed by atoms with van der Waals surface area (Å²) in [5, 5.41) is 13.0. The van der Waals surface area contributed by atoms with E-state index in [-0.39, 0.29) is 23.7 Å². The number of carbonyl (C=O) groups is 2. The number of benzene rings is 1. The molecule has 0 aliphatic heterocycles. The molecular formula is C34H38N6O7. The average Bonchev–Trinajstić information content (AvgIpc) is 3.43. The Balaban J connectivity index is 1.25. The second kappa shape index (κ2) is 15.2. The van der Waals surface area contributed by atoms with Crippen molar-refractivity contribution in [2.75, 3.05) is 39.7 Å². The van der Waals surface area contributed by atoms with Crippen LogP contribution in [0.2, 0.25) is 0 Å². The fraction of sp³-hybridized carbons (Fsp3) is 0.353. The third-order valence-electron chi connectivity index (χ3n) is 7.84. The number of methoxy groups -OCH3 is 3. The molecule has 1 unspecified atom stereocenters. The van der Waals surface area contributed by atoms with Gasteiger partial charge in [0, 0.05) is 44.6 Å². The Bertz CT molecular complexity index is 1790. The lowest BCUT2D eigenvalue weighted by atomic mass is 9.95. The van der Waals surface area contributed by atoms with Gasteiger partial charge in [-0.15, -0.1) is 0 Å². The minimum atomic E-state index is -0.401. The number of nitrogens with zero attached hydrogens (tertiary/aromatic N) is 3. The molecule has 246 valence electrons. The van der Waals surface area contributed by atoms with Crippen LogP contribution in [0.3, 0.4) is 0 Å². The molecule has 2 amide bonds. The highest BCUT2D eigenvalue weighted by molar-refractivity contribution is 5.84. The largest absolute Gasteiger partial charge is 0.493 e. The van der Waals surface area contributed by atoms with Gasteiger partial charge in [0.15, 0.2) is 11.5 Å². The van der Waals surface area contributed by atoms with Crippen molar-refractivity contribution in [1.82, 2.24) is 25.8 Å². The number of rotatable bonds is 13. The van der Waals surface area contributed by atoms with E-state index in [9.17, 15) is 14.4 Å². The number of hydrogen-bond acceptors (Lipinski definition) is 11. The van der Waals surface area contributed by atoms with Gasteiger partial charge in [0.2, 0.25) is 34.7 Å². The smallest absolute Gasteiger partial charge is 0.228 e. The van der Waals surface area contributed by atoms with Gasteiger partial charge in [-0.2, -0.15) is 4.98 Å². The van der Waals surface area contributed by atoms with E-state index in [4.69, 9.17) is 18.7 Å². The van der Waals surface area contributed by atoms with Crippen LogP contribution in [0.25, 0.3) is 22.6 Å². The Morgan fingerprint density at radius 1 is 1.02 bits per heavy atom. The molecule has 2 aromatic carbocycles. The lowest BCUT2D eigenvalue weighted by Crippen LogP contribution is -2.26. The van der Waals surface area contributed by atoms with Crippen molar-refractivity contribution in [1.29, 1.82) is 0 Å². The number of hydrogen-bond donors (Lipinski definition) is 3. The number of pyridine rings is 1. The fourth-order valence-corrected chi connectivity index (χ4v) is 5.68. The molecule has 1 aliphatic rings. The molecule has 2 heterocycles. The maximum atomic E-state index is 13.5. The maximum absolute atomic E-state index is 13.5. The molecule has 2 aromatic heterocycles. The first kappa shape index (κ1) is 32.9. The van der Waals surface area contributed by atoms with Gasteiger partial charge in [-0.3, -0.25) is 19.4 Å². The average molecular weight is 643 g/mol. The van der Waals surface area contributed by atoms with Crippen molar-refractivity contribution < 1.29 is 28.3 Å². The first-order valence-corrected chi connectivity index (χ1v) is 15.3. The van der Waals surface area contributed by atoms with Crippen LogP contribution in [-0.2, 0) is 22.4 Å². The molecule has 47 heavy (non-hydrogen) atoms. The van der Waals surface area contributed by atoms with Gasteiger partial charge in [0.1, 0.15) is 5.69 Å². The Hall–Kier alpha value is -5.46. The van der Waals surface area contributed by atoms with Gasteiger partial charge < -0.3 is 34.7 Å². The van der Waals surface area contributed by atoms with Crippen LogP contribution in [0.5, 0.6) is 17.2 Å². The zero-order valence-electron chi connectivity index (χ0n) is 26.8. The van der Waals surface area contributed by atoms with Crippen LogP contribution in [-0.4, -0.2) is 61.4 Å². The van der Waals surface area contributed by atoms with Crippen molar-refractivity contribution >= 4 is 17.5 Å². The van der Waals surface area contributed by atoms with Crippen LogP contribution >= 0.6 is 0 Å². The fourth-order valence-electron chi connectivity index (χ4n) is 5.68. The van der Waals surface area contributed by atoms with Gasteiger partial charge in [-0.1, -0.05) is 17.3 Å². The highest BCUT2D eigenvalue weighted by Crippen LogP contribution is 2.50. The molecule has 1 aliphatic carbocycles. The summed E-state index contributed by atoms with van der Waals surface area (Å²) in [5.41, 5.74) is 3.89. The van der Waals surface area contributed by atoms with Gasteiger partial charge >= 0.3 is 0 Å². The molecule has 0 spiro atoms. The molecule has 0 fully saturated rings. The Kier molecular flexibility index (Phi) is 10.7. The Morgan fingerprint density at radius 2 is 1.85 bits per heavy atom. The van der Waals surface area contributed by atoms with E-state index in [1.807, 2.05) is 18.2 Å². The molecule has 3 N–H and O–H groups in total. The van der Waals surface area contributed by atoms with Crippen LogP contribution in [0, 0.1) is 0 Å². The minimum Gasteiger partial charge on any atom is -0.493 e. The van der Waals surface area contributed by atoms with Gasteiger partial charge in [0.25, 0.3) is 0 Å². The third-order valence-corrected chi connectivity index (χ3v) is 7.84. The number of carbonyl (C=O) groups excluding carboxylic acids is 2. The van der Waals surface area contributed by atoms with Crippen LogP contribution in [0.1, 0.15) is 49.2 Å². The van der Waals surface area contributed by atoms with E-state index in [2.05, 4.69) is 31.1 Å². The number of aromatic nitrogens is 3. The molecular weight excluding hydrogens is 604 g/mol. The molecule has 5 rings (SSSR count).